The van der Waals surface area contributed by atoms with Gasteiger partial charge in [0.2, 0.25) is 0 Å². The first kappa shape index (κ1) is 17.0. The third kappa shape index (κ3) is 4.81. The second-order valence-corrected chi connectivity index (χ2v) is 7.03. The average molecular weight is 331 g/mol. The number of nitrogens with one attached hydrogen (secondary N) is 1. The molecule has 24 heavy (non-hydrogen) atoms. The van der Waals surface area contributed by atoms with Crippen LogP contribution >= 0.6 is 0 Å². The Kier molecular flexibility index (Phi) is 5.19. The van der Waals surface area contributed by atoms with Gasteiger partial charge in [-0.25, -0.2) is 0 Å². The first-order valence-corrected chi connectivity index (χ1v) is 8.82. The first-order chi connectivity index (χ1) is 11.5. The van der Waals surface area contributed by atoms with Crippen molar-refractivity contribution in [3.05, 3.63) is 23.8 Å². The summed E-state index contributed by atoms with van der Waals surface area (Å²) in [5.41, 5.74) is 1.05. The van der Waals surface area contributed by atoms with Crippen LogP contribution in [0.15, 0.2) is 18.2 Å². The van der Waals surface area contributed by atoms with Crippen molar-refractivity contribution in [2.45, 2.75) is 52.0 Å². The summed E-state index contributed by atoms with van der Waals surface area (Å²) in [4.78, 5) is 23.9. The Hall–Kier alpha value is -1.88. The highest BCUT2D eigenvalue weighted by Gasteiger charge is 2.34. The average Bonchev–Trinajstić information content (AvgIpc) is 3.39. The summed E-state index contributed by atoms with van der Waals surface area (Å²) in [5.74, 6) is 0.267. The van der Waals surface area contributed by atoms with Crippen molar-refractivity contribution in [2.75, 3.05) is 6.54 Å². The molecule has 1 N–H and O–H groups in total. The van der Waals surface area contributed by atoms with Crippen molar-refractivity contribution in [1.29, 1.82) is 0 Å². The minimum absolute atomic E-state index is 0.00301. The zero-order valence-corrected chi connectivity index (χ0v) is 14.3. The van der Waals surface area contributed by atoms with E-state index in [4.69, 9.17) is 9.47 Å². The molecule has 1 aromatic rings. The van der Waals surface area contributed by atoms with Crippen LogP contribution in [0, 0.1) is 11.8 Å². The lowest BCUT2D eigenvalue weighted by molar-refractivity contribution is -0.138. The molecule has 0 unspecified atom stereocenters. The first-order valence-electron chi connectivity index (χ1n) is 8.82. The molecular formula is C19H25NO4. The normalized spacial score (nSPS) is 17.0. The number of ether oxygens (including phenoxy) is 2. The number of carbonyl (C=O) groups excluding carboxylic acids is 2. The van der Waals surface area contributed by atoms with E-state index in [9.17, 15) is 9.59 Å². The lowest BCUT2D eigenvalue weighted by Crippen LogP contribution is -2.25. The summed E-state index contributed by atoms with van der Waals surface area (Å²) in [6.45, 7) is 5.04. The monoisotopic (exact) mass is 331 g/mol. The molecule has 0 saturated heterocycles. The third-order valence-corrected chi connectivity index (χ3v) is 4.22. The van der Waals surface area contributed by atoms with E-state index in [0.717, 1.165) is 44.2 Å². The minimum Gasteiger partial charge on any atom is -0.422 e. The predicted octanol–water partition coefficient (Wildman–Crippen LogP) is 2.86. The van der Waals surface area contributed by atoms with Crippen molar-refractivity contribution >= 4 is 11.9 Å². The van der Waals surface area contributed by atoms with Crippen LogP contribution in [0.4, 0.5) is 0 Å². The van der Waals surface area contributed by atoms with E-state index < -0.39 is 0 Å². The molecule has 1 aromatic carbocycles. The molecule has 0 aliphatic heterocycles. The fraction of sp³-hybridized carbons (Fsp3) is 0.579. The molecule has 5 nitrogen and oxygen atoms in total. The van der Waals surface area contributed by atoms with Gasteiger partial charge in [-0.3, -0.25) is 9.59 Å². The lowest BCUT2D eigenvalue weighted by Gasteiger charge is -2.13. The van der Waals surface area contributed by atoms with Crippen molar-refractivity contribution < 1.29 is 19.1 Å². The van der Waals surface area contributed by atoms with Gasteiger partial charge in [0.15, 0.2) is 11.5 Å². The highest BCUT2D eigenvalue weighted by atomic mass is 16.6. The summed E-state index contributed by atoms with van der Waals surface area (Å²) in [6.07, 6.45) is 4.36. The molecule has 0 aromatic heterocycles. The van der Waals surface area contributed by atoms with E-state index in [1.165, 1.54) is 0 Å². The molecule has 0 atom stereocenters. The summed E-state index contributed by atoms with van der Waals surface area (Å²) in [5, 5.41) is 3.36. The van der Waals surface area contributed by atoms with Gasteiger partial charge in [0.05, 0.1) is 11.8 Å². The van der Waals surface area contributed by atoms with Gasteiger partial charge >= 0.3 is 11.9 Å². The predicted molar refractivity (Wildman–Crippen MR) is 90.0 cm³/mol. The van der Waals surface area contributed by atoms with Gasteiger partial charge in [-0.1, -0.05) is 19.9 Å². The van der Waals surface area contributed by atoms with Gasteiger partial charge in [0, 0.05) is 6.04 Å². The van der Waals surface area contributed by atoms with Gasteiger partial charge in [-0.05, 0) is 56.3 Å². The van der Waals surface area contributed by atoms with Gasteiger partial charge in [-0.15, -0.1) is 0 Å². The maximum absolute atomic E-state index is 12.0. The van der Waals surface area contributed by atoms with Gasteiger partial charge in [-0.2, -0.15) is 0 Å². The van der Waals surface area contributed by atoms with E-state index in [1.54, 1.807) is 6.07 Å². The zero-order chi connectivity index (χ0) is 17.1. The van der Waals surface area contributed by atoms with Crippen molar-refractivity contribution in [3.63, 3.8) is 0 Å². The molecule has 2 aliphatic carbocycles. The van der Waals surface area contributed by atoms with Gasteiger partial charge < -0.3 is 14.8 Å². The Labute approximate surface area is 142 Å². The molecule has 2 saturated carbocycles. The number of benzene rings is 1. The Bertz CT molecular complexity index is 618. The Balaban J connectivity index is 1.70. The van der Waals surface area contributed by atoms with E-state index >= 15 is 0 Å². The number of hydrogen-bond acceptors (Lipinski definition) is 5. The number of esters is 2. The van der Waals surface area contributed by atoms with Crippen molar-refractivity contribution in [3.8, 4) is 11.5 Å². The lowest BCUT2D eigenvalue weighted by atomic mass is 10.1. The molecule has 2 fully saturated rings. The standard InChI is InChI=1S/C19H25NO4/c1-12(2)20-10-9-13-3-8-16(23-18(21)14-4-5-14)17(11-13)24-19(22)15-6-7-15/h3,8,11-12,14-15,20H,4-7,9-10H2,1-2H3. The summed E-state index contributed by atoms with van der Waals surface area (Å²) in [6, 6.07) is 5.90. The van der Waals surface area contributed by atoms with Crippen LogP contribution in [0.5, 0.6) is 11.5 Å². The second kappa shape index (κ2) is 7.34. The van der Waals surface area contributed by atoms with Crippen LogP contribution in [0.2, 0.25) is 0 Å². The van der Waals surface area contributed by atoms with Gasteiger partial charge in [0.1, 0.15) is 0 Å². The molecule has 5 heteroatoms. The smallest absolute Gasteiger partial charge is 0.314 e. The van der Waals surface area contributed by atoms with Crippen LogP contribution in [0.25, 0.3) is 0 Å². The fourth-order valence-corrected chi connectivity index (χ4v) is 2.40. The molecule has 0 spiro atoms. The van der Waals surface area contributed by atoms with Crippen LogP contribution < -0.4 is 14.8 Å². The van der Waals surface area contributed by atoms with Crippen LogP contribution in [-0.2, 0) is 16.0 Å². The molecule has 0 radical (unpaired) electrons. The molecule has 0 amide bonds. The molecule has 0 bridgehead atoms. The van der Waals surface area contributed by atoms with Gasteiger partial charge in [0.25, 0.3) is 0 Å². The molecule has 2 aliphatic rings. The Morgan fingerprint density at radius 2 is 1.62 bits per heavy atom. The summed E-state index contributed by atoms with van der Waals surface area (Å²) in [7, 11) is 0. The molecule has 130 valence electrons. The quantitative estimate of drug-likeness (QED) is 0.586. The zero-order valence-electron chi connectivity index (χ0n) is 14.3. The highest BCUT2D eigenvalue weighted by molar-refractivity contribution is 5.80. The highest BCUT2D eigenvalue weighted by Crippen LogP contribution is 2.36. The second-order valence-electron chi connectivity index (χ2n) is 7.03. The number of hydrogen-bond donors (Lipinski definition) is 1. The Morgan fingerprint density at radius 1 is 1.04 bits per heavy atom. The van der Waals surface area contributed by atoms with Crippen LogP contribution in [-0.4, -0.2) is 24.5 Å². The maximum Gasteiger partial charge on any atom is 0.314 e. The topological polar surface area (TPSA) is 64.6 Å². The van der Waals surface area contributed by atoms with E-state index in [2.05, 4.69) is 19.2 Å². The van der Waals surface area contributed by atoms with E-state index in [-0.39, 0.29) is 23.8 Å². The SMILES string of the molecule is CC(C)NCCc1ccc(OC(=O)C2CC2)c(OC(=O)C2CC2)c1. The van der Waals surface area contributed by atoms with Crippen molar-refractivity contribution in [1.82, 2.24) is 5.32 Å². The number of rotatable bonds is 8. The maximum atomic E-state index is 12.0. The third-order valence-electron chi connectivity index (χ3n) is 4.22. The van der Waals surface area contributed by atoms with Crippen molar-refractivity contribution in [2.24, 2.45) is 11.8 Å². The summed E-state index contributed by atoms with van der Waals surface area (Å²) >= 11 is 0. The van der Waals surface area contributed by atoms with Crippen LogP contribution in [0.1, 0.15) is 45.1 Å². The molecular weight excluding hydrogens is 306 g/mol. The summed E-state index contributed by atoms with van der Waals surface area (Å²) < 4.78 is 10.9. The minimum atomic E-state index is -0.229. The van der Waals surface area contributed by atoms with Crippen LogP contribution in [0.3, 0.4) is 0 Å². The fourth-order valence-electron chi connectivity index (χ4n) is 2.40. The largest absolute Gasteiger partial charge is 0.422 e. The van der Waals surface area contributed by atoms with E-state index in [1.807, 2.05) is 12.1 Å². The van der Waals surface area contributed by atoms with E-state index in [0.29, 0.717) is 17.5 Å². The Morgan fingerprint density at radius 3 is 2.17 bits per heavy atom. The molecule has 3 rings (SSSR count). The number of carbonyl (C=O) groups is 2. The molecule has 0 heterocycles.